The maximum Gasteiger partial charge on any atom is 0.341 e. The van der Waals surface area contributed by atoms with Gasteiger partial charge in [0.1, 0.15) is 11.4 Å². The van der Waals surface area contributed by atoms with Gasteiger partial charge in [-0.3, -0.25) is 4.79 Å². The van der Waals surface area contributed by atoms with Gasteiger partial charge in [-0.2, -0.15) is 0 Å². The van der Waals surface area contributed by atoms with E-state index >= 15 is 4.39 Å². The van der Waals surface area contributed by atoms with Crippen molar-refractivity contribution in [2.24, 2.45) is 0 Å². The van der Waals surface area contributed by atoms with Crippen molar-refractivity contribution >= 4 is 34.3 Å². The van der Waals surface area contributed by atoms with E-state index in [2.05, 4.69) is 4.90 Å². The number of rotatable bonds is 4. The molecule has 2 fully saturated rings. The number of halogens is 1. The van der Waals surface area contributed by atoms with Crippen LogP contribution in [0.4, 0.5) is 10.1 Å². The third-order valence-electron chi connectivity index (χ3n) is 5.25. The van der Waals surface area contributed by atoms with Crippen molar-refractivity contribution in [1.29, 1.82) is 0 Å². The van der Waals surface area contributed by atoms with E-state index < -0.39 is 17.2 Å². The number of nitrogens with zero attached hydrogens (tertiary/aromatic N) is 2. The van der Waals surface area contributed by atoms with Gasteiger partial charge in [0.25, 0.3) is 0 Å². The Morgan fingerprint density at radius 3 is 2.54 bits per heavy atom. The molecule has 26 heavy (non-hydrogen) atoms. The zero-order valence-corrected chi connectivity index (χ0v) is 15.4. The number of thioether (sulfide) groups is 1. The molecule has 7 heteroatoms. The Labute approximate surface area is 154 Å². The van der Waals surface area contributed by atoms with Crippen LogP contribution in [-0.4, -0.2) is 35.0 Å². The Hall–Kier alpha value is -2.02. The minimum atomic E-state index is -1.27. The fourth-order valence-corrected chi connectivity index (χ4v) is 4.67. The first-order valence-corrected chi connectivity index (χ1v) is 10.2. The van der Waals surface area contributed by atoms with Crippen LogP contribution in [0.1, 0.15) is 48.5 Å². The standard InChI is InChI=1S/C19H21FN2O3S/c1-26-18-15-12(9-14(20)16(18)21-7-3-2-4-8-21)17(23)13(19(24)25)10-22(15)11-5-6-11/h9-11H,2-8H2,1H3,(H,24,25). The third kappa shape index (κ3) is 2.78. The summed E-state index contributed by atoms with van der Waals surface area (Å²) >= 11 is 1.43. The molecule has 2 heterocycles. The number of carbonyl (C=O) groups is 1. The molecule has 0 spiro atoms. The fourth-order valence-electron chi connectivity index (χ4n) is 3.84. The second kappa shape index (κ2) is 6.61. The predicted octanol–water partition coefficient (Wildman–Crippen LogP) is 3.89. The van der Waals surface area contributed by atoms with Gasteiger partial charge in [-0.1, -0.05) is 0 Å². The Balaban J connectivity index is 2.05. The van der Waals surface area contributed by atoms with E-state index in [0.29, 0.717) is 11.2 Å². The van der Waals surface area contributed by atoms with Crippen LogP contribution in [0.25, 0.3) is 10.9 Å². The summed E-state index contributed by atoms with van der Waals surface area (Å²) in [5.41, 5.74) is 0.337. The molecule has 1 aromatic carbocycles. The van der Waals surface area contributed by atoms with Crippen molar-refractivity contribution in [2.45, 2.75) is 43.0 Å². The van der Waals surface area contributed by atoms with E-state index in [1.54, 1.807) is 0 Å². The van der Waals surface area contributed by atoms with Crippen molar-refractivity contribution in [3.8, 4) is 0 Å². The smallest absolute Gasteiger partial charge is 0.341 e. The Morgan fingerprint density at radius 1 is 1.27 bits per heavy atom. The van der Waals surface area contributed by atoms with Gasteiger partial charge in [0, 0.05) is 25.3 Å². The molecular formula is C19H21FN2O3S. The number of hydrogen-bond acceptors (Lipinski definition) is 4. The van der Waals surface area contributed by atoms with Crippen LogP contribution in [-0.2, 0) is 0 Å². The molecule has 0 amide bonds. The van der Waals surface area contributed by atoms with Crippen LogP contribution in [0.5, 0.6) is 0 Å². The van der Waals surface area contributed by atoms with Gasteiger partial charge in [-0.05, 0) is 44.4 Å². The number of aromatic nitrogens is 1. The highest BCUT2D eigenvalue weighted by Crippen LogP contribution is 2.43. The summed E-state index contributed by atoms with van der Waals surface area (Å²) in [7, 11) is 0. The lowest BCUT2D eigenvalue weighted by Gasteiger charge is -2.31. The second-order valence-corrected chi connectivity index (χ2v) is 7.82. The van der Waals surface area contributed by atoms with Gasteiger partial charge in [0.05, 0.1) is 21.5 Å². The molecule has 1 saturated heterocycles. The summed E-state index contributed by atoms with van der Waals surface area (Å²) in [5.74, 6) is -1.71. The number of fused-ring (bicyclic) bond motifs is 1. The number of benzene rings is 1. The van der Waals surface area contributed by atoms with Gasteiger partial charge >= 0.3 is 5.97 Å². The summed E-state index contributed by atoms with van der Waals surface area (Å²) in [6.07, 6.45) is 8.42. The number of piperidine rings is 1. The van der Waals surface area contributed by atoms with Gasteiger partial charge in [0.2, 0.25) is 5.43 Å². The van der Waals surface area contributed by atoms with E-state index in [0.717, 1.165) is 50.1 Å². The molecule has 1 aliphatic heterocycles. The summed E-state index contributed by atoms with van der Waals surface area (Å²) in [6, 6.07) is 1.42. The van der Waals surface area contributed by atoms with E-state index in [1.165, 1.54) is 24.0 Å². The first-order valence-electron chi connectivity index (χ1n) is 8.96. The predicted molar refractivity (Wildman–Crippen MR) is 101 cm³/mol. The maximum absolute atomic E-state index is 15.1. The first-order chi connectivity index (χ1) is 12.5. The number of carboxylic acids is 1. The van der Waals surface area contributed by atoms with Gasteiger partial charge in [0.15, 0.2) is 0 Å². The van der Waals surface area contributed by atoms with Gasteiger partial charge < -0.3 is 14.6 Å². The molecule has 1 saturated carbocycles. The lowest BCUT2D eigenvalue weighted by Crippen LogP contribution is -2.31. The zero-order chi connectivity index (χ0) is 18.4. The lowest BCUT2D eigenvalue weighted by molar-refractivity contribution is 0.0695. The monoisotopic (exact) mass is 376 g/mol. The average molecular weight is 376 g/mol. The summed E-state index contributed by atoms with van der Waals surface area (Å²) in [4.78, 5) is 27.0. The summed E-state index contributed by atoms with van der Waals surface area (Å²) < 4.78 is 17.0. The van der Waals surface area contributed by atoms with E-state index in [1.807, 2.05) is 10.8 Å². The molecule has 1 N–H and O–H groups in total. The fraction of sp³-hybridized carbons (Fsp3) is 0.474. The Kier molecular flexibility index (Phi) is 4.42. The van der Waals surface area contributed by atoms with Crippen molar-refractivity contribution in [3.05, 3.63) is 33.9 Å². The lowest BCUT2D eigenvalue weighted by atomic mass is 10.1. The van der Waals surface area contributed by atoms with E-state index in [-0.39, 0.29) is 17.0 Å². The zero-order valence-electron chi connectivity index (χ0n) is 14.6. The van der Waals surface area contributed by atoms with E-state index in [4.69, 9.17) is 0 Å². The highest BCUT2D eigenvalue weighted by molar-refractivity contribution is 7.99. The van der Waals surface area contributed by atoms with Crippen LogP contribution in [0.2, 0.25) is 0 Å². The number of carboxylic acid groups (broad SMARTS) is 1. The maximum atomic E-state index is 15.1. The van der Waals surface area contributed by atoms with Crippen molar-refractivity contribution in [1.82, 2.24) is 4.57 Å². The summed E-state index contributed by atoms with van der Waals surface area (Å²) in [6.45, 7) is 1.60. The molecule has 4 rings (SSSR count). The minimum Gasteiger partial charge on any atom is -0.477 e. The molecule has 0 bridgehead atoms. The van der Waals surface area contributed by atoms with Crippen molar-refractivity contribution in [2.75, 3.05) is 24.2 Å². The molecular weight excluding hydrogens is 355 g/mol. The van der Waals surface area contributed by atoms with Crippen LogP contribution >= 0.6 is 11.8 Å². The van der Waals surface area contributed by atoms with Crippen molar-refractivity contribution in [3.63, 3.8) is 0 Å². The largest absolute Gasteiger partial charge is 0.477 e. The third-order valence-corrected chi connectivity index (χ3v) is 6.04. The highest BCUT2D eigenvalue weighted by Gasteiger charge is 2.30. The molecule has 1 aromatic heterocycles. The van der Waals surface area contributed by atoms with Gasteiger partial charge in [-0.15, -0.1) is 11.8 Å². The molecule has 0 atom stereocenters. The number of aromatic carboxylic acids is 1. The molecule has 1 aliphatic carbocycles. The Bertz CT molecular complexity index is 946. The van der Waals surface area contributed by atoms with Crippen LogP contribution in [0.15, 0.2) is 22.0 Å². The molecule has 5 nitrogen and oxygen atoms in total. The molecule has 138 valence electrons. The molecule has 2 aromatic rings. The first kappa shape index (κ1) is 17.4. The van der Waals surface area contributed by atoms with Crippen molar-refractivity contribution < 1.29 is 14.3 Å². The quantitative estimate of drug-likeness (QED) is 0.821. The molecule has 0 radical (unpaired) electrons. The molecule has 2 aliphatic rings. The van der Waals surface area contributed by atoms with Crippen LogP contribution in [0.3, 0.4) is 0 Å². The molecule has 0 unspecified atom stereocenters. The van der Waals surface area contributed by atoms with E-state index in [9.17, 15) is 14.7 Å². The second-order valence-electron chi connectivity index (χ2n) is 7.00. The SMILES string of the molecule is CSc1c(N2CCCCC2)c(F)cc2c(=O)c(C(=O)O)cn(C3CC3)c12. The summed E-state index contributed by atoms with van der Waals surface area (Å²) in [5, 5.41) is 9.55. The normalized spacial score (nSPS) is 17.7. The number of anilines is 1. The van der Waals surface area contributed by atoms with Crippen LogP contribution in [0, 0.1) is 5.82 Å². The number of pyridine rings is 1. The average Bonchev–Trinajstić information content (AvgIpc) is 3.47. The Morgan fingerprint density at radius 2 is 1.96 bits per heavy atom. The van der Waals surface area contributed by atoms with Crippen LogP contribution < -0.4 is 10.3 Å². The minimum absolute atomic E-state index is 0.166. The van der Waals surface area contributed by atoms with Gasteiger partial charge in [-0.25, -0.2) is 9.18 Å². The topological polar surface area (TPSA) is 62.5 Å². The number of hydrogen-bond donors (Lipinski definition) is 1. The highest BCUT2D eigenvalue weighted by atomic mass is 32.2.